The van der Waals surface area contributed by atoms with E-state index in [9.17, 15) is 0 Å². The zero-order valence-corrected chi connectivity index (χ0v) is 10.0. The molecule has 2 rings (SSSR count). The molecule has 2 heteroatoms. The summed E-state index contributed by atoms with van der Waals surface area (Å²) in [4.78, 5) is 0. The van der Waals surface area contributed by atoms with Crippen LogP contribution < -0.4 is 10.1 Å². The Hall–Kier alpha value is -1.02. The SMILES string of the molecule is COc1cccc(CNCCC2CCC2)c1. The molecule has 1 aromatic carbocycles. The number of nitrogens with one attached hydrogen (secondary N) is 1. The number of hydrogen-bond donors (Lipinski definition) is 1. The lowest BCUT2D eigenvalue weighted by Crippen LogP contribution is -2.21. The van der Waals surface area contributed by atoms with Crippen molar-refractivity contribution in [1.82, 2.24) is 5.32 Å². The summed E-state index contributed by atoms with van der Waals surface area (Å²) in [6, 6.07) is 8.26. The highest BCUT2D eigenvalue weighted by molar-refractivity contribution is 5.28. The summed E-state index contributed by atoms with van der Waals surface area (Å²) in [6.07, 6.45) is 5.67. The van der Waals surface area contributed by atoms with Crippen molar-refractivity contribution in [2.45, 2.75) is 32.2 Å². The third-order valence-electron chi connectivity index (χ3n) is 3.42. The van der Waals surface area contributed by atoms with Crippen LogP contribution in [0.1, 0.15) is 31.2 Å². The molecule has 1 aromatic rings. The Bertz CT molecular complexity index is 320. The van der Waals surface area contributed by atoms with Crippen LogP contribution in [0.15, 0.2) is 24.3 Å². The Morgan fingerprint density at radius 1 is 1.38 bits per heavy atom. The molecule has 1 N–H and O–H groups in total. The van der Waals surface area contributed by atoms with Crippen molar-refractivity contribution in [2.24, 2.45) is 5.92 Å². The van der Waals surface area contributed by atoms with Crippen LogP contribution in [0.5, 0.6) is 5.75 Å². The maximum Gasteiger partial charge on any atom is 0.119 e. The van der Waals surface area contributed by atoms with Crippen LogP contribution in [-0.4, -0.2) is 13.7 Å². The molecule has 0 amide bonds. The van der Waals surface area contributed by atoms with Gasteiger partial charge in [0.25, 0.3) is 0 Å². The fourth-order valence-electron chi connectivity index (χ4n) is 2.10. The molecule has 0 aliphatic heterocycles. The maximum absolute atomic E-state index is 5.20. The molecule has 0 bridgehead atoms. The molecule has 0 heterocycles. The fourth-order valence-corrected chi connectivity index (χ4v) is 2.10. The molecule has 0 aromatic heterocycles. The van der Waals surface area contributed by atoms with E-state index >= 15 is 0 Å². The lowest BCUT2D eigenvalue weighted by atomic mass is 9.83. The second-order valence-corrected chi connectivity index (χ2v) is 4.61. The molecule has 16 heavy (non-hydrogen) atoms. The lowest BCUT2D eigenvalue weighted by Gasteiger charge is -2.25. The van der Waals surface area contributed by atoms with Gasteiger partial charge in [0.15, 0.2) is 0 Å². The highest BCUT2D eigenvalue weighted by atomic mass is 16.5. The van der Waals surface area contributed by atoms with Crippen molar-refractivity contribution in [3.8, 4) is 5.75 Å². The van der Waals surface area contributed by atoms with E-state index in [0.29, 0.717) is 0 Å². The molecule has 0 unspecified atom stereocenters. The van der Waals surface area contributed by atoms with Gasteiger partial charge in [-0.15, -0.1) is 0 Å². The van der Waals surface area contributed by atoms with Crippen LogP contribution in [0.3, 0.4) is 0 Å². The Balaban J connectivity index is 1.67. The average Bonchev–Trinajstić information content (AvgIpc) is 2.27. The quantitative estimate of drug-likeness (QED) is 0.743. The van der Waals surface area contributed by atoms with Crippen molar-refractivity contribution < 1.29 is 4.74 Å². The van der Waals surface area contributed by atoms with Crippen LogP contribution in [0.2, 0.25) is 0 Å². The molecule has 1 fully saturated rings. The number of ether oxygens (including phenoxy) is 1. The van der Waals surface area contributed by atoms with E-state index in [1.54, 1.807) is 7.11 Å². The minimum absolute atomic E-state index is 0.943. The first-order valence-electron chi connectivity index (χ1n) is 6.22. The van der Waals surface area contributed by atoms with Gasteiger partial charge >= 0.3 is 0 Å². The number of hydrogen-bond acceptors (Lipinski definition) is 2. The molecule has 1 aliphatic carbocycles. The summed E-state index contributed by atoms with van der Waals surface area (Å²) >= 11 is 0. The summed E-state index contributed by atoms with van der Waals surface area (Å²) in [5.74, 6) is 1.94. The molecular formula is C14H21NO. The first-order valence-corrected chi connectivity index (χ1v) is 6.22. The smallest absolute Gasteiger partial charge is 0.119 e. The van der Waals surface area contributed by atoms with Gasteiger partial charge in [0.1, 0.15) is 5.75 Å². The van der Waals surface area contributed by atoms with Gasteiger partial charge in [-0.1, -0.05) is 31.4 Å². The van der Waals surface area contributed by atoms with Gasteiger partial charge in [-0.3, -0.25) is 0 Å². The minimum Gasteiger partial charge on any atom is -0.497 e. The highest BCUT2D eigenvalue weighted by Crippen LogP contribution is 2.28. The second kappa shape index (κ2) is 5.90. The normalized spacial score (nSPS) is 15.8. The van der Waals surface area contributed by atoms with Gasteiger partial charge in [-0.25, -0.2) is 0 Å². The van der Waals surface area contributed by atoms with Crippen molar-refractivity contribution in [3.63, 3.8) is 0 Å². The monoisotopic (exact) mass is 219 g/mol. The predicted molar refractivity (Wildman–Crippen MR) is 66.7 cm³/mol. The van der Waals surface area contributed by atoms with E-state index in [0.717, 1.165) is 24.8 Å². The predicted octanol–water partition coefficient (Wildman–Crippen LogP) is 2.98. The molecule has 0 radical (unpaired) electrons. The fraction of sp³-hybridized carbons (Fsp3) is 0.571. The van der Waals surface area contributed by atoms with E-state index in [-0.39, 0.29) is 0 Å². The number of methoxy groups -OCH3 is 1. The van der Waals surface area contributed by atoms with Crippen LogP contribution in [0.4, 0.5) is 0 Å². The molecule has 88 valence electrons. The van der Waals surface area contributed by atoms with Gasteiger partial charge < -0.3 is 10.1 Å². The Morgan fingerprint density at radius 3 is 2.94 bits per heavy atom. The largest absolute Gasteiger partial charge is 0.497 e. The Kier molecular flexibility index (Phi) is 4.23. The molecule has 1 saturated carbocycles. The van der Waals surface area contributed by atoms with Crippen molar-refractivity contribution in [2.75, 3.05) is 13.7 Å². The van der Waals surface area contributed by atoms with Crippen LogP contribution in [-0.2, 0) is 6.54 Å². The average molecular weight is 219 g/mol. The summed E-state index contributed by atoms with van der Waals surface area (Å²) < 4.78 is 5.20. The van der Waals surface area contributed by atoms with Gasteiger partial charge in [0.05, 0.1) is 7.11 Å². The Labute approximate surface area is 98.0 Å². The summed E-state index contributed by atoms with van der Waals surface area (Å²) in [7, 11) is 1.71. The van der Waals surface area contributed by atoms with Crippen molar-refractivity contribution >= 4 is 0 Å². The maximum atomic E-state index is 5.20. The lowest BCUT2D eigenvalue weighted by molar-refractivity contribution is 0.292. The van der Waals surface area contributed by atoms with E-state index in [4.69, 9.17) is 4.74 Å². The van der Waals surface area contributed by atoms with Crippen LogP contribution >= 0.6 is 0 Å². The van der Waals surface area contributed by atoms with Crippen molar-refractivity contribution in [3.05, 3.63) is 29.8 Å². The second-order valence-electron chi connectivity index (χ2n) is 4.61. The van der Waals surface area contributed by atoms with E-state index < -0.39 is 0 Å². The number of benzene rings is 1. The summed E-state index contributed by atoms with van der Waals surface area (Å²) in [5, 5.41) is 3.50. The zero-order valence-electron chi connectivity index (χ0n) is 10.0. The topological polar surface area (TPSA) is 21.3 Å². The highest BCUT2D eigenvalue weighted by Gasteiger charge is 2.15. The third kappa shape index (κ3) is 3.24. The zero-order chi connectivity index (χ0) is 11.2. The Morgan fingerprint density at radius 2 is 2.25 bits per heavy atom. The van der Waals surface area contributed by atoms with E-state index in [2.05, 4.69) is 17.4 Å². The first-order chi connectivity index (χ1) is 7.88. The van der Waals surface area contributed by atoms with Crippen LogP contribution in [0.25, 0.3) is 0 Å². The molecule has 2 nitrogen and oxygen atoms in total. The van der Waals surface area contributed by atoms with Gasteiger partial charge in [-0.2, -0.15) is 0 Å². The molecule has 1 aliphatic rings. The standard InChI is InChI=1S/C14H21NO/c1-16-14-7-3-6-13(10-14)11-15-9-8-12-4-2-5-12/h3,6-7,10,12,15H,2,4-5,8-9,11H2,1H3. The third-order valence-corrected chi connectivity index (χ3v) is 3.42. The molecule has 0 saturated heterocycles. The van der Waals surface area contributed by atoms with Crippen molar-refractivity contribution in [1.29, 1.82) is 0 Å². The summed E-state index contributed by atoms with van der Waals surface area (Å²) in [5.41, 5.74) is 1.30. The number of rotatable bonds is 6. The first kappa shape index (κ1) is 11.5. The van der Waals surface area contributed by atoms with Gasteiger partial charge in [0, 0.05) is 6.54 Å². The van der Waals surface area contributed by atoms with Gasteiger partial charge in [0.2, 0.25) is 0 Å². The molecule has 0 spiro atoms. The molecule has 0 atom stereocenters. The van der Waals surface area contributed by atoms with E-state index in [1.807, 2.05) is 12.1 Å². The van der Waals surface area contributed by atoms with E-state index in [1.165, 1.54) is 31.2 Å². The summed E-state index contributed by atoms with van der Waals surface area (Å²) in [6.45, 7) is 2.09. The minimum atomic E-state index is 0.943. The molecular weight excluding hydrogens is 198 g/mol. The van der Waals surface area contributed by atoms with Crippen LogP contribution in [0, 0.1) is 5.92 Å². The van der Waals surface area contributed by atoms with Gasteiger partial charge in [-0.05, 0) is 36.6 Å².